The number of nitrogens with zero attached hydrogens (tertiary/aromatic N) is 2. The van der Waals surface area contributed by atoms with Crippen molar-refractivity contribution in [2.45, 2.75) is 83.5 Å². The summed E-state index contributed by atoms with van der Waals surface area (Å²) in [5, 5.41) is 3.38. The monoisotopic (exact) mass is 534 g/mol. The van der Waals surface area contributed by atoms with E-state index in [1.807, 2.05) is 20.8 Å². The van der Waals surface area contributed by atoms with Gasteiger partial charge in [-0.15, -0.1) is 0 Å². The number of likely N-dealkylation sites (tertiary alicyclic amines) is 1. The second kappa shape index (κ2) is 12.7. The van der Waals surface area contributed by atoms with Crippen LogP contribution in [0.3, 0.4) is 0 Å². The van der Waals surface area contributed by atoms with Crippen LogP contribution in [-0.2, 0) is 19.1 Å². The maximum Gasteiger partial charge on any atom is 0.329 e. The van der Waals surface area contributed by atoms with Crippen molar-refractivity contribution < 1.29 is 23.9 Å². The van der Waals surface area contributed by atoms with Gasteiger partial charge in [0.25, 0.3) is 0 Å². The number of nitrogens with one attached hydrogen (secondary N) is 1. The lowest BCUT2D eigenvalue weighted by Crippen LogP contribution is -2.60. The van der Waals surface area contributed by atoms with Gasteiger partial charge >= 0.3 is 5.97 Å². The van der Waals surface area contributed by atoms with Gasteiger partial charge in [-0.25, -0.2) is 9.78 Å². The Hall–Kier alpha value is -2.65. The third-order valence-corrected chi connectivity index (χ3v) is 7.23. The third kappa shape index (κ3) is 7.68. The fraction of sp³-hybridized carbons (Fsp3) is 0.630. The molecule has 1 aliphatic heterocycles. The van der Waals surface area contributed by atoms with E-state index in [4.69, 9.17) is 26.8 Å². The van der Waals surface area contributed by atoms with Crippen LogP contribution < -0.4 is 15.8 Å². The van der Waals surface area contributed by atoms with Gasteiger partial charge in [-0.05, 0) is 30.2 Å². The molecular formula is C27H39ClN4O5. The first-order valence-corrected chi connectivity index (χ1v) is 13.3. The number of nitrogens with two attached hydrogens (primary N) is 1. The van der Waals surface area contributed by atoms with Crippen molar-refractivity contribution in [1.82, 2.24) is 15.2 Å². The first-order chi connectivity index (χ1) is 17.5. The molecule has 204 valence electrons. The summed E-state index contributed by atoms with van der Waals surface area (Å²) in [6.45, 7) is 9.35. The summed E-state index contributed by atoms with van der Waals surface area (Å²) in [5.41, 5.74) is 5.70. The van der Waals surface area contributed by atoms with Crippen LogP contribution in [0.2, 0.25) is 5.02 Å². The molecule has 2 aliphatic rings. The van der Waals surface area contributed by atoms with Crippen LogP contribution in [0.25, 0.3) is 0 Å². The Morgan fingerprint density at radius 3 is 2.57 bits per heavy atom. The van der Waals surface area contributed by atoms with Crippen molar-refractivity contribution in [2.24, 2.45) is 17.1 Å². The van der Waals surface area contributed by atoms with Crippen molar-refractivity contribution in [2.75, 3.05) is 13.2 Å². The van der Waals surface area contributed by atoms with E-state index >= 15 is 0 Å². The lowest BCUT2D eigenvalue weighted by molar-refractivity contribution is -0.154. The molecule has 2 heterocycles. The highest BCUT2D eigenvalue weighted by Gasteiger charge is 2.46. The molecule has 10 heteroatoms. The molecule has 1 saturated carbocycles. The van der Waals surface area contributed by atoms with Crippen molar-refractivity contribution >= 4 is 29.4 Å². The highest BCUT2D eigenvalue weighted by Crippen LogP contribution is 2.30. The summed E-state index contributed by atoms with van der Waals surface area (Å²) >= 11 is 5.91. The summed E-state index contributed by atoms with van der Waals surface area (Å²) in [4.78, 5) is 45.6. The number of amides is 2. The SMILES string of the molecule is C=CCOC(=O)[C@@H]1C[C@@H](Oc2ccc(Cl)cn2)CN1C(=O)[C@@H](NC(=O)[C@@H](N)C1CCCCC1)C(C)(C)C. The molecule has 2 amide bonds. The van der Waals surface area contributed by atoms with Gasteiger partial charge in [0.2, 0.25) is 17.7 Å². The molecule has 1 saturated heterocycles. The molecule has 1 aromatic rings. The number of hydrogen-bond acceptors (Lipinski definition) is 7. The maximum absolute atomic E-state index is 13.9. The van der Waals surface area contributed by atoms with Gasteiger partial charge in [0, 0.05) is 18.7 Å². The number of halogens is 1. The fourth-order valence-electron chi connectivity index (χ4n) is 4.95. The number of rotatable bonds is 9. The summed E-state index contributed by atoms with van der Waals surface area (Å²) < 4.78 is 11.2. The van der Waals surface area contributed by atoms with Crippen molar-refractivity contribution in [3.8, 4) is 5.88 Å². The number of pyridine rings is 1. The Balaban J connectivity index is 1.79. The fourth-order valence-corrected chi connectivity index (χ4v) is 5.06. The van der Waals surface area contributed by atoms with Gasteiger partial charge in [-0.1, -0.05) is 64.3 Å². The van der Waals surface area contributed by atoms with Crippen LogP contribution in [-0.4, -0.2) is 65.0 Å². The predicted molar refractivity (Wildman–Crippen MR) is 141 cm³/mol. The van der Waals surface area contributed by atoms with Crippen LogP contribution in [0.15, 0.2) is 31.0 Å². The van der Waals surface area contributed by atoms with Crippen LogP contribution in [0, 0.1) is 11.3 Å². The lowest BCUT2D eigenvalue weighted by atomic mass is 9.82. The molecule has 3 rings (SSSR count). The van der Waals surface area contributed by atoms with Crippen molar-refractivity contribution in [3.63, 3.8) is 0 Å². The zero-order valence-electron chi connectivity index (χ0n) is 22.0. The quantitative estimate of drug-likeness (QED) is 0.368. The Bertz CT molecular complexity index is 959. The molecule has 4 atom stereocenters. The molecule has 0 aromatic carbocycles. The zero-order valence-corrected chi connectivity index (χ0v) is 22.7. The van der Waals surface area contributed by atoms with Gasteiger partial charge in [-0.3, -0.25) is 9.59 Å². The molecule has 0 bridgehead atoms. The lowest BCUT2D eigenvalue weighted by Gasteiger charge is -2.36. The number of esters is 1. The average molecular weight is 535 g/mol. The van der Waals surface area contributed by atoms with Gasteiger partial charge in [0.05, 0.1) is 17.6 Å². The largest absolute Gasteiger partial charge is 0.472 e. The molecule has 1 aliphatic carbocycles. The van der Waals surface area contributed by atoms with Gasteiger partial charge in [-0.2, -0.15) is 0 Å². The summed E-state index contributed by atoms with van der Waals surface area (Å²) in [7, 11) is 0. The third-order valence-electron chi connectivity index (χ3n) is 7.01. The van der Waals surface area contributed by atoms with Crippen LogP contribution in [0.4, 0.5) is 0 Å². The van der Waals surface area contributed by atoms with E-state index in [1.54, 1.807) is 12.1 Å². The van der Waals surface area contributed by atoms with E-state index in [-0.39, 0.29) is 37.3 Å². The van der Waals surface area contributed by atoms with Gasteiger partial charge in [0.15, 0.2) is 0 Å². The Kier molecular flexibility index (Phi) is 9.95. The summed E-state index contributed by atoms with van der Waals surface area (Å²) in [6.07, 6.45) is 7.73. The van der Waals surface area contributed by atoms with E-state index in [0.29, 0.717) is 10.9 Å². The maximum atomic E-state index is 13.9. The highest BCUT2D eigenvalue weighted by atomic mass is 35.5. The second-order valence-electron chi connectivity index (χ2n) is 10.9. The summed E-state index contributed by atoms with van der Waals surface area (Å²) in [6, 6.07) is 0.827. The van der Waals surface area contributed by atoms with Gasteiger partial charge in [0.1, 0.15) is 24.8 Å². The molecule has 37 heavy (non-hydrogen) atoms. The summed E-state index contributed by atoms with van der Waals surface area (Å²) in [5.74, 6) is -0.847. The number of carbonyl (C=O) groups is 3. The zero-order chi connectivity index (χ0) is 27.2. The molecule has 3 N–H and O–H groups in total. The first-order valence-electron chi connectivity index (χ1n) is 12.9. The van der Waals surface area contributed by atoms with E-state index in [0.717, 1.165) is 32.1 Å². The second-order valence-corrected chi connectivity index (χ2v) is 11.4. The highest BCUT2D eigenvalue weighted by molar-refractivity contribution is 6.30. The molecule has 0 unspecified atom stereocenters. The molecule has 9 nitrogen and oxygen atoms in total. The minimum Gasteiger partial charge on any atom is -0.472 e. The number of hydrogen-bond donors (Lipinski definition) is 2. The molecule has 0 spiro atoms. The Morgan fingerprint density at radius 1 is 1.27 bits per heavy atom. The van der Waals surface area contributed by atoms with Crippen molar-refractivity contribution in [3.05, 3.63) is 36.0 Å². The first kappa shape index (κ1) is 28.9. The van der Waals surface area contributed by atoms with Crippen LogP contribution >= 0.6 is 11.6 Å². The van der Waals surface area contributed by atoms with Gasteiger partial charge < -0.3 is 25.4 Å². The molecular weight excluding hydrogens is 496 g/mol. The van der Waals surface area contributed by atoms with Crippen LogP contribution in [0.5, 0.6) is 5.88 Å². The van der Waals surface area contributed by atoms with E-state index in [1.165, 1.54) is 17.2 Å². The standard InChI is InChI=1S/C27H39ClN4O5/c1-5-13-36-26(35)20-14-19(37-21-12-11-18(28)15-30-21)16-32(20)25(34)23(27(2,3)4)31-24(33)22(29)17-9-7-6-8-10-17/h5,11-12,15,17,19-20,22-23H,1,6-10,13-14,16,29H2,2-4H3,(H,31,33)/t19-,20+,22+,23-/m1/s1. The number of ether oxygens (including phenoxy) is 2. The van der Waals surface area contributed by atoms with E-state index in [2.05, 4.69) is 16.9 Å². The molecule has 1 aromatic heterocycles. The smallest absolute Gasteiger partial charge is 0.329 e. The normalized spacial score (nSPS) is 22.1. The number of aromatic nitrogens is 1. The Morgan fingerprint density at radius 2 is 1.97 bits per heavy atom. The number of carbonyl (C=O) groups excluding carboxylic acids is 3. The average Bonchev–Trinajstić information content (AvgIpc) is 3.30. The minimum atomic E-state index is -0.892. The van der Waals surface area contributed by atoms with Crippen LogP contribution in [0.1, 0.15) is 59.3 Å². The van der Waals surface area contributed by atoms with Crippen molar-refractivity contribution in [1.29, 1.82) is 0 Å². The molecule has 2 fully saturated rings. The van der Waals surface area contributed by atoms with E-state index < -0.39 is 35.6 Å². The minimum absolute atomic E-state index is 0.0251. The molecule has 0 radical (unpaired) electrons. The predicted octanol–water partition coefficient (Wildman–Crippen LogP) is 3.25. The van der Waals surface area contributed by atoms with E-state index in [9.17, 15) is 14.4 Å². The topological polar surface area (TPSA) is 124 Å². The Labute approximate surface area is 224 Å².